The number of rotatable bonds is 4. The van der Waals surface area contributed by atoms with Crippen molar-refractivity contribution >= 4 is 17.6 Å². The Balaban J connectivity index is 2.79. The highest BCUT2D eigenvalue weighted by Crippen LogP contribution is 2.13. The summed E-state index contributed by atoms with van der Waals surface area (Å²) in [5.74, 6) is -0.804. The number of likely N-dealkylation sites (N-methyl/N-ethyl adjacent to an activating group) is 1. The number of ether oxygens (including phenoxy) is 1. The lowest BCUT2D eigenvalue weighted by molar-refractivity contribution is -0.137. The molecule has 18 heavy (non-hydrogen) atoms. The summed E-state index contributed by atoms with van der Waals surface area (Å²) in [4.78, 5) is 24.9. The molecule has 1 heterocycles. The van der Waals surface area contributed by atoms with Crippen LogP contribution in [0.5, 0.6) is 0 Å². The van der Waals surface area contributed by atoms with E-state index in [-0.39, 0.29) is 5.91 Å². The zero-order chi connectivity index (χ0) is 13.9. The van der Waals surface area contributed by atoms with E-state index in [1.807, 2.05) is 6.92 Å². The van der Waals surface area contributed by atoms with E-state index >= 15 is 0 Å². The van der Waals surface area contributed by atoms with Crippen molar-refractivity contribution in [2.45, 2.75) is 26.5 Å². The van der Waals surface area contributed by atoms with Gasteiger partial charge in [0.25, 0.3) is 5.91 Å². The molecule has 1 aromatic rings. The number of nitrogens with two attached hydrogens (primary N) is 1. The average molecular weight is 253 g/mol. The number of nitrogen functional groups attached to an aromatic ring is 1. The van der Waals surface area contributed by atoms with Gasteiger partial charge in [-0.3, -0.25) is 4.79 Å². The van der Waals surface area contributed by atoms with Gasteiger partial charge in [0.15, 0.2) is 6.10 Å². The maximum absolute atomic E-state index is 11.9. The van der Waals surface area contributed by atoms with Crippen molar-refractivity contribution in [3.8, 4) is 0 Å². The highest BCUT2D eigenvalue weighted by atomic mass is 16.5. The van der Waals surface area contributed by atoms with Crippen LogP contribution in [0.1, 0.15) is 24.3 Å². The van der Waals surface area contributed by atoms with Gasteiger partial charge in [-0.25, -0.2) is 4.79 Å². The van der Waals surface area contributed by atoms with Crippen molar-refractivity contribution in [1.29, 1.82) is 0 Å². The van der Waals surface area contributed by atoms with Crippen LogP contribution in [0.2, 0.25) is 0 Å². The van der Waals surface area contributed by atoms with Crippen LogP contribution >= 0.6 is 0 Å². The molecule has 0 aliphatic rings. The smallest absolute Gasteiger partial charge is 0.355 e. The molecule has 0 saturated heterocycles. The van der Waals surface area contributed by atoms with Gasteiger partial charge in [0.2, 0.25) is 0 Å². The van der Waals surface area contributed by atoms with Crippen LogP contribution < -0.4 is 5.73 Å². The summed E-state index contributed by atoms with van der Waals surface area (Å²) in [7, 11) is 3.22. The molecule has 0 aliphatic carbocycles. The summed E-state index contributed by atoms with van der Waals surface area (Å²) in [6, 6.07) is 1.54. The number of aromatic nitrogens is 1. The Morgan fingerprint density at radius 3 is 2.61 bits per heavy atom. The van der Waals surface area contributed by atoms with E-state index in [0.29, 0.717) is 17.9 Å². The van der Waals surface area contributed by atoms with Crippen LogP contribution in [-0.4, -0.2) is 41.5 Å². The molecule has 6 heteroatoms. The van der Waals surface area contributed by atoms with Crippen LogP contribution in [0.3, 0.4) is 0 Å². The van der Waals surface area contributed by atoms with Gasteiger partial charge in [-0.2, -0.15) is 0 Å². The molecule has 0 aromatic carbocycles. The van der Waals surface area contributed by atoms with Crippen molar-refractivity contribution in [2.24, 2.45) is 0 Å². The molecule has 0 fully saturated rings. The van der Waals surface area contributed by atoms with Crippen molar-refractivity contribution in [2.75, 3.05) is 19.8 Å². The molecule has 0 spiro atoms. The van der Waals surface area contributed by atoms with Crippen LogP contribution in [0.25, 0.3) is 0 Å². The van der Waals surface area contributed by atoms with Gasteiger partial charge >= 0.3 is 5.97 Å². The van der Waals surface area contributed by atoms with Gasteiger partial charge in [0, 0.05) is 26.8 Å². The number of hydrogen-bond donors (Lipinski definition) is 1. The molecule has 1 unspecified atom stereocenters. The first kappa shape index (κ1) is 14.1. The minimum Gasteiger partial charge on any atom is -0.448 e. The first-order chi connectivity index (χ1) is 8.36. The van der Waals surface area contributed by atoms with E-state index in [2.05, 4.69) is 0 Å². The first-order valence-corrected chi connectivity index (χ1v) is 5.74. The Bertz CT molecular complexity index is 451. The molecule has 6 nitrogen and oxygen atoms in total. The number of hydrogen-bond acceptors (Lipinski definition) is 4. The van der Waals surface area contributed by atoms with Gasteiger partial charge < -0.3 is 19.9 Å². The van der Waals surface area contributed by atoms with Crippen molar-refractivity contribution < 1.29 is 14.3 Å². The Morgan fingerprint density at radius 2 is 2.11 bits per heavy atom. The number of amides is 1. The van der Waals surface area contributed by atoms with Crippen LogP contribution in [0.15, 0.2) is 12.3 Å². The molecule has 0 radical (unpaired) electrons. The standard InChI is InChI=1S/C12H19N3O3/c1-5-15-7-9(13)6-10(15)12(17)18-8(2)11(16)14(3)4/h6-8H,5,13H2,1-4H3. The lowest BCUT2D eigenvalue weighted by Gasteiger charge is -2.17. The summed E-state index contributed by atoms with van der Waals surface area (Å²) in [5.41, 5.74) is 6.48. The molecular formula is C12H19N3O3. The van der Waals surface area contributed by atoms with Gasteiger partial charge in [0.05, 0.1) is 5.69 Å². The lowest BCUT2D eigenvalue weighted by Crippen LogP contribution is -2.35. The van der Waals surface area contributed by atoms with E-state index in [1.54, 1.807) is 37.8 Å². The zero-order valence-electron chi connectivity index (χ0n) is 11.1. The highest BCUT2D eigenvalue weighted by molar-refractivity contribution is 5.91. The predicted octanol–water partition coefficient (Wildman–Crippen LogP) is 0.724. The summed E-state index contributed by atoms with van der Waals surface area (Å²) in [5, 5.41) is 0. The normalized spacial score (nSPS) is 12.0. The van der Waals surface area contributed by atoms with E-state index in [0.717, 1.165) is 0 Å². The molecular weight excluding hydrogens is 234 g/mol. The van der Waals surface area contributed by atoms with Crippen molar-refractivity contribution in [3.05, 3.63) is 18.0 Å². The summed E-state index contributed by atoms with van der Waals surface area (Å²) >= 11 is 0. The zero-order valence-corrected chi connectivity index (χ0v) is 11.1. The minimum atomic E-state index is -0.811. The van der Waals surface area contributed by atoms with E-state index in [1.165, 1.54) is 4.90 Å². The number of aryl methyl sites for hydroxylation is 1. The second-order valence-corrected chi connectivity index (χ2v) is 4.22. The second-order valence-electron chi connectivity index (χ2n) is 4.22. The third-order valence-corrected chi connectivity index (χ3v) is 2.54. The number of anilines is 1. The molecule has 1 rings (SSSR count). The van der Waals surface area contributed by atoms with Crippen LogP contribution in [-0.2, 0) is 16.1 Å². The third-order valence-electron chi connectivity index (χ3n) is 2.54. The third kappa shape index (κ3) is 3.03. The second kappa shape index (κ2) is 5.57. The Kier molecular flexibility index (Phi) is 4.36. The highest BCUT2D eigenvalue weighted by Gasteiger charge is 2.22. The molecule has 1 aromatic heterocycles. The number of carbonyl (C=O) groups is 2. The fourth-order valence-electron chi connectivity index (χ4n) is 1.60. The predicted molar refractivity (Wildman–Crippen MR) is 68.1 cm³/mol. The molecule has 1 atom stereocenters. The first-order valence-electron chi connectivity index (χ1n) is 5.74. The Morgan fingerprint density at radius 1 is 1.50 bits per heavy atom. The minimum absolute atomic E-state index is 0.258. The molecule has 0 saturated carbocycles. The van der Waals surface area contributed by atoms with Gasteiger partial charge in [-0.1, -0.05) is 0 Å². The fraction of sp³-hybridized carbons (Fsp3) is 0.500. The van der Waals surface area contributed by atoms with Crippen LogP contribution in [0, 0.1) is 0 Å². The number of carbonyl (C=O) groups excluding carboxylic acids is 2. The summed E-state index contributed by atoms with van der Waals surface area (Å²) in [6.45, 7) is 4.05. The van der Waals surface area contributed by atoms with Gasteiger partial charge in [-0.15, -0.1) is 0 Å². The quantitative estimate of drug-likeness (QED) is 0.802. The van der Waals surface area contributed by atoms with Gasteiger partial charge in [-0.05, 0) is 19.9 Å². The maximum atomic E-state index is 11.9. The fourth-order valence-corrected chi connectivity index (χ4v) is 1.60. The van der Waals surface area contributed by atoms with E-state index in [4.69, 9.17) is 10.5 Å². The van der Waals surface area contributed by atoms with Crippen LogP contribution in [0.4, 0.5) is 5.69 Å². The lowest BCUT2D eigenvalue weighted by atomic mass is 10.3. The summed E-state index contributed by atoms with van der Waals surface area (Å²) in [6.07, 6.45) is 0.851. The number of nitrogens with zero attached hydrogens (tertiary/aromatic N) is 2. The largest absolute Gasteiger partial charge is 0.448 e. The van der Waals surface area contributed by atoms with E-state index < -0.39 is 12.1 Å². The van der Waals surface area contributed by atoms with Crippen molar-refractivity contribution in [3.63, 3.8) is 0 Å². The summed E-state index contributed by atoms with van der Waals surface area (Å²) < 4.78 is 6.79. The van der Waals surface area contributed by atoms with Gasteiger partial charge in [0.1, 0.15) is 5.69 Å². The molecule has 0 bridgehead atoms. The molecule has 2 N–H and O–H groups in total. The van der Waals surface area contributed by atoms with Crippen molar-refractivity contribution in [1.82, 2.24) is 9.47 Å². The SMILES string of the molecule is CCn1cc(N)cc1C(=O)OC(C)C(=O)N(C)C. The molecule has 100 valence electrons. The Hall–Kier alpha value is -1.98. The topological polar surface area (TPSA) is 77.6 Å². The van der Waals surface area contributed by atoms with E-state index in [9.17, 15) is 9.59 Å². The maximum Gasteiger partial charge on any atom is 0.355 e. The Labute approximate surface area is 106 Å². The molecule has 1 amide bonds. The molecule has 0 aliphatic heterocycles. The monoisotopic (exact) mass is 253 g/mol. The average Bonchev–Trinajstić information content (AvgIpc) is 2.69. The number of esters is 1.